The third kappa shape index (κ3) is 8.26. The van der Waals surface area contributed by atoms with Crippen LogP contribution >= 0.6 is 0 Å². The zero-order valence-electron chi connectivity index (χ0n) is 23.5. The van der Waals surface area contributed by atoms with Crippen LogP contribution in [-0.2, 0) is 27.2 Å². The smallest absolute Gasteiger partial charge is 0.325 e. The van der Waals surface area contributed by atoms with Crippen molar-refractivity contribution in [1.29, 1.82) is 0 Å². The summed E-state index contributed by atoms with van der Waals surface area (Å²) in [5, 5.41) is 19.3. The number of carbonyl (C=O) groups excluding carboxylic acids is 2. The second kappa shape index (κ2) is 15.2. The number of carboxylic acids is 1. The molecule has 1 unspecified atom stereocenters. The molecule has 0 saturated carbocycles. The Labute approximate surface area is 231 Å². The highest BCUT2D eigenvalue weighted by Crippen LogP contribution is 2.32. The number of likely N-dealkylation sites (tertiary alicyclic amines) is 1. The molecule has 0 spiro atoms. The zero-order chi connectivity index (χ0) is 28.2. The minimum Gasteiger partial charge on any atom is -0.480 e. The van der Waals surface area contributed by atoms with Crippen LogP contribution in [0.2, 0.25) is 0 Å². The van der Waals surface area contributed by atoms with E-state index in [0.717, 1.165) is 43.7 Å². The minimum absolute atomic E-state index is 0.0298. The van der Waals surface area contributed by atoms with Gasteiger partial charge in [0.25, 0.3) is 0 Å². The second-order valence-electron chi connectivity index (χ2n) is 9.78. The SMILES string of the molecule is CC.CCC(=O)Nc1ccccc1C(C(=O)O)N1CCC(C(=O)NCCCc2ccc3c(n2)NCCC3)CC1. The molecular weight excluding hydrogens is 494 g/mol. The summed E-state index contributed by atoms with van der Waals surface area (Å²) in [5.41, 5.74) is 3.39. The number of amides is 2. The van der Waals surface area contributed by atoms with Crippen LogP contribution in [0, 0.1) is 5.92 Å². The summed E-state index contributed by atoms with van der Waals surface area (Å²) in [5.74, 6) is -0.235. The predicted molar refractivity (Wildman–Crippen MR) is 154 cm³/mol. The summed E-state index contributed by atoms with van der Waals surface area (Å²) in [4.78, 5) is 43.6. The number of piperidine rings is 1. The van der Waals surface area contributed by atoms with E-state index in [4.69, 9.17) is 4.98 Å². The molecule has 1 atom stereocenters. The van der Waals surface area contributed by atoms with Crippen molar-refractivity contribution >= 4 is 29.3 Å². The zero-order valence-corrected chi connectivity index (χ0v) is 23.5. The topological polar surface area (TPSA) is 124 Å². The Morgan fingerprint density at radius 3 is 2.59 bits per heavy atom. The molecule has 2 aliphatic rings. The van der Waals surface area contributed by atoms with E-state index in [2.05, 4.69) is 28.1 Å². The van der Waals surface area contributed by atoms with Crippen molar-refractivity contribution in [1.82, 2.24) is 15.2 Å². The number of para-hydroxylation sites is 1. The van der Waals surface area contributed by atoms with Crippen LogP contribution in [0.15, 0.2) is 36.4 Å². The average Bonchev–Trinajstić information content (AvgIpc) is 2.97. The average molecular weight is 538 g/mol. The van der Waals surface area contributed by atoms with Crippen LogP contribution in [0.4, 0.5) is 11.5 Å². The lowest BCUT2D eigenvalue weighted by Gasteiger charge is -2.36. The number of nitrogens with one attached hydrogen (secondary N) is 3. The number of aryl methyl sites for hydroxylation is 2. The highest BCUT2D eigenvalue weighted by molar-refractivity contribution is 5.92. The van der Waals surface area contributed by atoms with Crippen molar-refractivity contribution in [2.45, 2.75) is 71.8 Å². The third-order valence-electron chi connectivity index (χ3n) is 7.21. The largest absolute Gasteiger partial charge is 0.480 e. The first-order valence-electron chi connectivity index (χ1n) is 14.3. The second-order valence-corrected chi connectivity index (χ2v) is 9.78. The molecule has 1 fully saturated rings. The maximum Gasteiger partial charge on any atom is 0.325 e. The molecule has 4 N–H and O–H groups in total. The summed E-state index contributed by atoms with van der Waals surface area (Å²) < 4.78 is 0. The van der Waals surface area contributed by atoms with E-state index in [9.17, 15) is 19.5 Å². The van der Waals surface area contributed by atoms with E-state index in [-0.39, 0.29) is 17.7 Å². The summed E-state index contributed by atoms with van der Waals surface area (Å²) in [7, 11) is 0. The van der Waals surface area contributed by atoms with Gasteiger partial charge in [-0.15, -0.1) is 0 Å². The number of pyridine rings is 1. The molecule has 0 bridgehead atoms. The number of rotatable bonds is 10. The standard InChI is InChI=1S/C28H37N5O4.C2H6/c1-2-24(34)32-23-10-4-3-9-22(23)25(28(36)37)33-17-13-20(14-18-33)27(35)30-16-6-8-21-12-11-19-7-5-15-29-26(19)31-21;1-2/h3-4,9-12,20,25H,2,5-8,13-18H2,1H3,(H,29,31)(H,30,35)(H,32,34)(H,36,37);1-2H3. The molecule has 9 nitrogen and oxygen atoms in total. The normalized spacial score (nSPS) is 16.1. The Morgan fingerprint density at radius 1 is 1.13 bits per heavy atom. The lowest BCUT2D eigenvalue weighted by molar-refractivity contribution is -0.144. The summed E-state index contributed by atoms with van der Waals surface area (Å²) >= 11 is 0. The molecule has 0 aliphatic carbocycles. The summed E-state index contributed by atoms with van der Waals surface area (Å²) in [6, 6.07) is 10.4. The van der Waals surface area contributed by atoms with Crippen molar-refractivity contribution in [2.75, 3.05) is 36.8 Å². The lowest BCUT2D eigenvalue weighted by atomic mass is 9.93. The number of anilines is 2. The van der Waals surface area contributed by atoms with E-state index in [1.165, 1.54) is 5.56 Å². The first-order chi connectivity index (χ1) is 19.0. The van der Waals surface area contributed by atoms with Gasteiger partial charge in [0, 0.05) is 55.5 Å². The molecule has 4 rings (SSSR count). The fourth-order valence-electron chi connectivity index (χ4n) is 5.13. The molecular formula is C30H43N5O4. The van der Waals surface area contributed by atoms with E-state index < -0.39 is 12.0 Å². The Bertz CT molecular complexity index is 1110. The number of benzene rings is 1. The predicted octanol–water partition coefficient (Wildman–Crippen LogP) is 4.40. The third-order valence-corrected chi connectivity index (χ3v) is 7.21. The van der Waals surface area contributed by atoms with E-state index in [0.29, 0.717) is 50.1 Å². The molecule has 1 aromatic carbocycles. The van der Waals surface area contributed by atoms with Crippen molar-refractivity contribution in [3.63, 3.8) is 0 Å². The monoisotopic (exact) mass is 537 g/mol. The van der Waals surface area contributed by atoms with Crippen LogP contribution < -0.4 is 16.0 Å². The number of fused-ring (bicyclic) bond motifs is 1. The van der Waals surface area contributed by atoms with Crippen molar-refractivity contribution in [2.24, 2.45) is 5.92 Å². The number of carbonyl (C=O) groups is 3. The van der Waals surface area contributed by atoms with Crippen molar-refractivity contribution in [3.8, 4) is 0 Å². The van der Waals surface area contributed by atoms with Gasteiger partial charge in [0.1, 0.15) is 11.9 Å². The van der Waals surface area contributed by atoms with Crippen LogP contribution in [0.25, 0.3) is 0 Å². The van der Waals surface area contributed by atoms with E-state index in [1.54, 1.807) is 31.2 Å². The quantitative estimate of drug-likeness (QED) is 0.331. The molecule has 2 aromatic rings. The highest BCUT2D eigenvalue weighted by Gasteiger charge is 2.34. The fraction of sp³-hybridized carbons (Fsp3) is 0.533. The lowest BCUT2D eigenvalue weighted by Crippen LogP contribution is -2.44. The minimum atomic E-state index is -0.966. The van der Waals surface area contributed by atoms with Crippen molar-refractivity contribution in [3.05, 3.63) is 53.2 Å². The first-order valence-corrected chi connectivity index (χ1v) is 14.3. The number of aromatic nitrogens is 1. The maximum atomic E-state index is 12.8. The number of aliphatic carboxylic acids is 1. The van der Waals surface area contributed by atoms with Gasteiger partial charge in [0.15, 0.2) is 0 Å². The highest BCUT2D eigenvalue weighted by atomic mass is 16.4. The van der Waals surface area contributed by atoms with Gasteiger partial charge in [-0.05, 0) is 56.2 Å². The van der Waals surface area contributed by atoms with Gasteiger partial charge >= 0.3 is 5.97 Å². The van der Waals surface area contributed by atoms with Gasteiger partial charge in [0.05, 0.1) is 0 Å². The molecule has 212 valence electrons. The number of hydrogen-bond acceptors (Lipinski definition) is 6. The molecule has 2 amide bonds. The molecule has 0 radical (unpaired) electrons. The number of hydrogen-bond donors (Lipinski definition) is 4. The molecule has 1 saturated heterocycles. The van der Waals surface area contributed by atoms with Gasteiger partial charge < -0.3 is 21.1 Å². The molecule has 2 aliphatic heterocycles. The van der Waals surface area contributed by atoms with Gasteiger partial charge in [-0.3, -0.25) is 19.3 Å². The molecule has 1 aromatic heterocycles. The van der Waals surface area contributed by atoms with Crippen LogP contribution in [0.5, 0.6) is 0 Å². The maximum absolute atomic E-state index is 12.8. The summed E-state index contributed by atoms with van der Waals surface area (Å²) in [6.07, 6.45) is 5.33. The number of carboxylic acid groups (broad SMARTS) is 1. The van der Waals surface area contributed by atoms with Gasteiger partial charge in [-0.2, -0.15) is 0 Å². The van der Waals surface area contributed by atoms with Crippen LogP contribution in [0.3, 0.4) is 0 Å². The Balaban J connectivity index is 0.00000205. The van der Waals surface area contributed by atoms with E-state index >= 15 is 0 Å². The van der Waals surface area contributed by atoms with E-state index in [1.807, 2.05) is 18.7 Å². The Hall–Kier alpha value is -3.46. The molecule has 3 heterocycles. The first kappa shape index (κ1) is 30.1. The fourth-order valence-corrected chi connectivity index (χ4v) is 5.13. The summed E-state index contributed by atoms with van der Waals surface area (Å²) in [6.45, 7) is 8.31. The van der Waals surface area contributed by atoms with Crippen LogP contribution in [0.1, 0.15) is 75.7 Å². The Morgan fingerprint density at radius 2 is 1.87 bits per heavy atom. The molecule has 9 heteroatoms. The molecule has 39 heavy (non-hydrogen) atoms. The Kier molecular flexibility index (Phi) is 11.7. The van der Waals surface area contributed by atoms with Crippen molar-refractivity contribution < 1.29 is 19.5 Å². The van der Waals surface area contributed by atoms with Gasteiger partial charge in [-0.1, -0.05) is 45.0 Å². The van der Waals surface area contributed by atoms with Crippen LogP contribution in [-0.4, -0.2) is 59.0 Å². The number of nitrogens with zero attached hydrogens (tertiary/aromatic N) is 2. The van der Waals surface area contributed by atoms with Gasteiger partial charge in [-0.25, -0.2) is 4.98 Å². The van der Waals surface area contributed by atoms with Gasteiger partial charge in [0.2, 0.25) is 11.8 Å².